The molecule has 0 spiro atoms. The van der Waals surface area contributed by atoms with Crippen molar-refractivity contribution in [3.05, 3.63) is 0 Å². The zero-order valence-corrected chi connectivity index (χ0v) is 6.76. The zero-order chi connectivity index (χ0) is 7.65. The van der Waals surface area contributed by atoms with Crippen LogP contribution in [0.15, 0.2) is 0 Å². The average Bonchev–Trinajstić information content (AvgIpc) is 1.62. The molecule has 0 unspecified atom stereocenters. The van der Waals surface area contributed by atoms with Crippen molar-refractivity contribution in [2.24, 2.45) is 0 Å². The molecule has 0 rings (SSSR count). The SMILES string of the molecule is [2H]C([2H])(C)C(=O)C(=O)O.[Na]. The van der Waals surface area contributed by atoms with Gasteiger partial charge in [-0.25, -0.2) is 4.79 Å². The van der Waals surface area contributed by atoms with E-state index in [4.69, 9.17) is 7.85 Å². The van der Waals surface area contributed by atoms with Crippen molar-refractivity contribution in [2.75, 3.05) is 0 Å². The van der Waals surface area contributed by atoms with Crippen LogP contribution in [0.25, 0.3) is 0 Å². The molecular formula is C4H6NaO3. The Morgan fingerprint density at radius 1 is 1.75 bits per heavy atom. The van der Waals surface area contributed by atoms with Gasteiger partial charge in [-0.3, -0.25) is 4.79 Å². The fourth-order valence-electron chi connectivity index (χ4n) is 0.107. The van der Waals surface area contributed by atoms with Crippen LogP contribution in [0.4, 0.5) is 0 Å². The molecule has 8 heavy (non-hydrogen) atoms. The summed E-state index contributed by atoms with van der Waals surface area (Å²) in [5.74, 6) is -3.15. The van der Waals surface area contributed by atoms with Crippen LogP contribution in [-0.4, -0.2) is 46.4 Å². The second-order valence-corrected chi connectivity index (χ2v) is 0.884. The van der Waals surface area contributed by atoms with Crippen molar-refractivity contribution in [3.8, 4) is 0 Å². The van der Waals surface area contributed by atoms with Crippen LogP contribution in [-0.2, 0) is 9.59 Å². The molecule has 1 N–H and O–H groups in total. The van der Waals surface area contributed by atoms with E-state index in [1.165, 1.54) is 0 Å². The summed E-state index contributed by atoms with van der Waals surface area (Å²) in [5, 5.41) is 7.93. The predicted octanol–water partition coefficient (Wildman–Crippen LogP) is -0.331. The van der Waals surface area contributed by atoms with Crippen LogP contribution in [0.1, 0.15) is 16.0 Å². The molecule has 0 aliphatic rings. The number of carbonyl (C=O) groups is 2. The van der Waals surface area contributed by atoms with E-state index in [2.05, 4.69) is 0 Å². The largest absolute Gasteiger partial charge is 0.476 e. The van der Waals surface area contributed by atoms with Gasteiger partial charge in [-0.05, 0) is 0 Å². The number of hydrogen-bond acceptors (Lipinski definition) is 2. The molecule has 0 atom stereocenters. The molecule has 41 valence electrons. The van der Waals surface area contributed by atoms with E-state index < -0.39 is 18.1 Å². The standard InChI is InChI=1S/C4H6O3.Na/c1-2-3(5)4(6)7;/h2H2,1H3,(H,6,7);/i2D2;. The van der Waals surface area contributed by atoms with Gasteiger partial charge in [0.05, 0.1) is 0 Å². The second-order valence-electron chi connectivity index (χ2n) is 0.884. The van der Waals surface area contributed by atoms with Crippen LogP contribution in [0.2, 0.25) is 0 Å². The topological polar surface area (TPSA) is 54.4 Å². The summed E-state index contributed by atoms with van der Waals surface area (Å²) in [7, 11) is 0. The first kappa shape index (κ1) is 6.26. The van der Waals surface area contributed by atoms with E-state index in [-0.39, 0.29) is 29.6 Å². The number of Topliss-reactive ketones (excluding diaryl/α,β-unsaturated/α-hetero) is 1. The van der Waals surface area contributed by atoms with Gasteiger partial charge in [0.2, 0.25) is 5.78 Å². The minimum atomic E-state index is -2.26. The Labute approximate surface area is 72.2 Å². The molecule has 3 nitrogen and oxygen atoms in total. The van der Waals surface area contributed by atoms with E-state index in [1.54, 1.807) is 0 Å². The van der Waals surface area contributed by atoms with Crippen LogP contribution in [0, 0.1) is 0 Å². The number of carbonyl (C=O) groups excluding carboxylic acids is 1. The molecule has 0 aliphatic heterocycles. The van der Waals surface area contributed by atoms with Crippen molar-refractivity contribution in [3.63, 3.8) is 0 Å². The Morgan fingerprint density at radius 2 is 2.12 bits per heavy atom. The van der Waals surface area contributed by atoms with Crippen molar-refractivity contribution in [1.82, 2.24) is 0 Å². The monoisotopic (exact) mass is 127 g/mol. The first-order valence-electron chi connectivity index (χ1n) is 2.63. The number of ketones is 1. The third kappa shape index (κ3) is 4.30. The smallest absolute Gasteiger partial charge is 0.372 e. The summed E-state index contributed by atoms with van der Waals surface area (Å²) >= 11 is 0. The minimum Gasteiger partial charge on any atom is -0.476 e. The van der Waals surface area contributed by atoms with Crippen LogP contribution in [0.3, 0.4) is 0 Å². The van der Waals surface area contributed by atoms with Crippen LogP contribution < -0.4 is 0 Å². The van der Waals surface area contributed by atoms with Gasteiger partial charge in [0.1, 0.15) is 0 Å². The molecule has 0 aromatic carbocycles. The molecule has 0 amide bonds. The van der Waals surface area contributed by atoms with E-state index in [0.29, 0.717) is 0 Å². The Balaban J connectivity index is 0. The zero-order valence-electron chi connectivity index (χ0n) is 6.76. The predicted molar refractivity (Wildman–Crippen MR) is 28.7 cm³/mol. The molecule has 0 bridgehead atoms. The van der Waals surface area contributed by atoms with Gasteiger partial charge in [-0.2, -0.15) is 0 Å². The summed E-state index contributed by atoms with van der Waals surface area (Å²) in [6.45, 7) is 0.906. The number of rotatable bonds is 2. The number of hydrogen-bond donors (Lipinski definition) is 1. The average molecular weight is 127 g/mol. The van der Waals surface area contributed by atoms with Gasteiger partial charge in [-0.1, -0.05) is 6.92 Å². The first-order valence-corrected chi connectivity index (χ1v) is 1.63. The van der Waals surface area contributed by atoms with Crippen molar-refractivity contribution < 1.29 is 17.4 Å². The Kier molecular flexibility index (Phi) is 4.13. The van der Waals surface area contributed by atoms with E-state index in [0.717, 1.165) is 6.92 Å². The van der Waals surface area contributed by atoms with Gasteiger partial charge in [-0.15, -0.1) is 0 Å². The molecule has 0 aromatic heterocycles. The molecule has 0 saturated heterocycles. The van der Waals surface area contributed by atoms with E-state index >= 15 is 0 Å². The van der Waals surface area contributed by atoms with Gasteiger partial charge >= 0.3 is 5.97 Å². The maximum Gasteiger partial charge on any atom is 0.372 e. The van der Waals surface area contributed by atoms with E-state index in [1.807, 2.05) is 0 Å². The fraction of sp³-hybridized carbons (Fsp3) is 0.500. The summed E-state index contributed by atoms with van der Waals surface area (Å²) in [6.07, 6.45) is -2.26. The molecule has 0 aromatic rings. The number of carboxylic acids is 1. The molecule has 1 radical (unpaired) electrons. The normalized spacial score (nSPS) is 12.6. The molecular weight excluding hydrogens is 119 g/mol. The number of aliphatic carboxylic acids is 1. The third-order valence-corrected chi connectivity index (χ3v) is 0.421. The van der Waals surface area contributed by atoms with Crippen molar-refractivity contribution in [2.45, 2.75) is 13.3 Å². The van der Waals surface area contributed by atoms with Gasteiger partial charge < -0.3 is 5.11 Å². The summed E-state index contributed by atoms with van der Waals surface area (Å²) in [5.41, 5.74) is 0. The Bertz CT molecular complexity index is 151. The Morgan fingerprint density at radius 3 is 2.12 bits per heavy atom. The van der Waals surface area contributed by atoms with Gasteiger partial charge in [0.15, 0.2) is 0 Å². The number of carboxylic acid groups (broad SMARTS) is 1. The van der Waals surface area contributed by atoms with Crippen LogP contribution >= 0.6 is 0 Å². The van der Waals surface area contributed by atoms with Gasteiger partial charge in [0.25, 0.3) is 0 Å². The van der Waals surface area contributed by atoms with Crippen molar-refractivity contribution in [1.29, 1.82) is 0 Å². The summed E-state index contributed by atoms with van der Waals surface area (Å²) in [4.78, 5) is 19.9. The molecule has 0 saturated carbocycles. The Hall–Kier alpha value is 0.140. The molecule has 0 heterocycles. The maximum absolute atomic E-state index is 10.2. The molecule has 0 fully saturated rings. The minimum absolute atomic E-state index is 0. The molecule has 4 heteroatoms. The van der Waals surface area contributed by atoms with Crippen molar-refractivity contribution >= 4 is 41.3 Å². The van der Waals surface area contributed by atoms with Crippen LogP contribution in [0.5, 0.6) is 0 Å². The first-order chi connectivity index (χ1) is 3.85. The summed E-state index contributed by atoms with van der Waals surface area (Å²) < 4.78 is 13.2. The van der Waals surface area contributed by atoms with E-state index in [9.17, 15) is 9.59 Å². The second kappa shape index (κ2) is 5.28. The third-order valence-electron chi connectivity index (χ3n) is 0.421. The van der Waals surface area contributed by atoms with Gasteiger partial charge in [0, 0.05) is 38.7 Å². The fourth-order valence-corrected chi connectivity index (χ4v) is 0.107. The quantitative estimate of drug-likeness (QED) is 0.408. The summed E-state index contributed by atoms with van der Waals surface area (Å²) in [6, 6.07) is 0. The molecule has 0 aliphatic carbocycles. The maximum atomic E-state index is 10.2.